The first-order chi connectivity index (χ1) is 9.90. The van der Waals surface area contributed by atoms with Crippen molar-refractivity contribution in [1.29, 1.82) is 0 Å². The lowest BCUT2D eigenvalue weighted by atomic mass is 9.82. The molecule has 1 heterocycles. The third-order valence-corrected chi connectivity index (χ3v) is 4.55. The Kier molecular flexibility index (Phi) is 4.80. The lowest BCUT2D eigenvalue weighted by Gasteiger charge is -2.26. The van der Waals surface area contributed by atoms with Crippen molar-refractivity contribution in [2.24, 2.45) is 18.9 Å². The van der Waals surface area contributed by atoms with Gasteiger partial charge in [0.1, 0.15) is 5.56 Å². The van der Waals surface area contributed by atoms with E-state index in [4.69, 9.17) is 0 Å². The molecule has 1 N–H and O–H groups in total. The summed E-state index contributed by atoms with van der Waals surface area (Å²) in [7, 11) is 1.58. The standard InChI is InChI=1S/C16H25N3O2/c1-10-6-5-7-13(8-10)9-17-15(20)14-11(2)12(3)18-19(4)16(14)21/h10,13H,5-9H2,1-4H3,(H,17,20)/t10-,13-/m1/s1. The second kappa shape index (κ2) is 6.41. The zero-order valence-electron chi connectivity index (χ0n) is 13.4. The van der Waals surface area contributed by atoms with Crippen LogP contribution in [0.4, 0.5) is 0 Å². The molecule has 1 aromatic rings. The van der Waals surface area contributed by atoms with Crippen LogP contribution in [0.1, 0.15) is 54.2 Å². The fraction of sp³-hybridized carbons (Fsp3) is 0.688. The van der Waals surface area contributed by atoms with Crippen LogP contribution in [0, 0.1) is 25.7 Å². The number of hydrogen-bond donors (Lipinski definition) is 1. The van der Waals surface area contributed by atoms with Gasteiger partial charge in [-0.2, -0.15) is 5.10 Å². The topological polar surface area (TPSA) is 64.0 Å². The Bertz CT molecular complexity index is 592. The van der Waals surface area contributed by atoms with Gasteiger partial charge in [-0.05, 0) is 44.1 Å². The van der Waals surface area contributed by atoms with Crippen molar-refractivity contribution < 1.29 is 4.79 Å². The highest BCUT2D eigenvalue weighted by atomic mass is 16.2. The molecule has 0 spiro atoms. The Hall–Kier alpha value is -1.65. The van der Waals surface area contributed by atoms with Crippen molar-refractivity contribution in [3.05, 3.63) is 27.2 Å². The molecule has 5 heteroatoms. The van der Waals surface area contributed by atoms with Crippen LogP contribution in [0.2, 0.25) is 0 Å². The summed E-state index contributed by atoms with van der Waals surface area (Å²) in [6, 6.07) is 0. The number of amides is 1. The smallest absolute Gasteiger partial charge is 0.279 e. The second-order valence-corrected chi connectivity index (χ2v) is 6.36. The summed E-state index contributed by atoms with van der Waals surface area (Å²) < 4.78 is 1.24. The summed E-state index contributed by atoms with van der Waals surface area (Å²) in [4.78, 5) is 24.5. The van der Waals surface area contributed by atoms with E-state index in [-0.39, 0.29) is 17.0 Å². The first kappa shape index (κ1) is 15.7. The predicted molar refractivity (Wildman–Crippen MR) is 82.4 cm³/mol. The molecule has 21 heavy (non-hydrogen) atoms. The predicted octanol–water partition coefficient (Wildman–Crippen LogP) is 1.95. The molecule has 0 unspecified atom stereocenters. The van der Waals surface area contributed by atoms with E-state index in [1.165, 1.54) is 17.5 Å². The fourth-order valence-corrected chi connectivity index (χ4v) is 3.19. The average Bonchev–Trinajstić information content (AvgIpc) is 2.43. The molecule has 0 radical (unpaired) electrons. The minimum absolute atomic E-state index is 0.230. The molecule has 0 saturated heterocycles. The molecule has 0 aromatic carbocycles. The number of rotatable bonds is 3. The van der Waals surface area contributed by atoms with Gasteiger partial charge >= 0.3 is 0 Å². The van der Waals surface area contributed by atoms with Gasteiger partial charge in [0, 0.05) is 13.6 Å². The van der Waals surface area contributed by atoms with Crippen molar-refractivity contribution in [3.63, 3.8) is 0 Å². The molecule has 0 aliphatic heterocycles. The summed E-state index contributed by atoms with van der Waals surface area (Å²) in [5.74, 6) is 1.00. The van der Waals surface area contributed by atoms with Gasteiger partial charge in [0.15, 0.2) is 0 Å². The molecule has 1 aliphatic rings. The summed E-state index contributed by atoms with van der Waals surface area (Å²) in [5.41, 5.74) is 1.29. The van der Waals surface area contributed by atoms with Crippen LogP contribution in [0.25, 0.3) is 0 Å². The molecular weight excluding hydrogens is 266 g/mol. The molecule has 2 rings (SSSR count). The largest absolute Gasteiger partial charge is 0.352 e. The number of nitrogens with one attached hydrogen (secondary N) is 1. The van der Waals surface area contributed by atoms with Crippen molar-refractivity contribution in [2.75, 3.05) is 6.54 Å². The Morgan fingerprint density at radius 1 is 1.38 bits per heavy atom. The van der Waals surface area contributed by atoms with Crippen LogP contribution < -0.4 is 10.9 Å². The lowest BCUT2D eigenvalue weighted by Crippen LogP contribution is -2.37. The van der Waals surface area contributed by atoms with Gasteiger partial charge in [-0.25, -0.2) is 4.68 Å². The zero-order chi connectivity index (χ0) is 15.6. The Labute approximate surface area is 125 Å². The molecule has 2 atom stereocenters. The molecule has 1 saturated carbocycles. The first-order valence-electron chi connectivity index (χ1n) is 7.72. The summed E-state index contributed by atoms with van der Waals surface area (Å²) in [6.45, 7) is 6.52. The minimum atomic E-state index is -0.326. The van der Waals surface area contributed by atoms with E-state index in [0.29, 0.717) is 23.7 Å². The maximum absolute atomic E-state index is 12.4. The first-order valence-corrected chi connectivity index (χ1v) is 7.72. The molecule has 1 amide bonds. The van der Waals surface area contributed by atoms with Crippen molar-refractivity contribution >= 4 is 5.91 Å². The van der Waals surface area contributed by atoms with Crippen LogP contribution in [0.15, 0.2) is 4.79 Å². The third kappa shape index (κ3) is 3.52. The maximum Gasteiger partial charge on any atom is 0.279 e. The van der Waals surface area contributed by atoms with E-state index in [1.807, 2.05) is 6.92 Å². The van der Waals surface area contributed by atoms with E-state index < -0.39 is 0 Å². The number of nitrogens with zero attached hydrogens (tertiary/aromatic N) is 2. The van der Waals surface area contributed by atoms with Gasteiger partial charge in [0.2, 0.25) is 0 Å². The van der Waals surface area contributed by atoms with E-state index in [2.05, 4.69) is 17.3 Å². The molecule has 1 fully saturated rings. The fourth-order valence-electron chi connectivity index (χ4n) is 3.19. The van der Waals surface area contributed by atoms with Gasteiger partial charge < -0.3 is 5.32 Å². The highest BCUT2D eigenvalue weighted by Gasteiger charge is 2.22. The van der Waals surface area contributed by atoms with Crippen LogP contribution >= 0.6 is 0 Å². The van der Waals surface area contributed by atoms with Crippen LogP contribution in [-0.4, -0.2) is 22.2 Å². The number of aromatic nitrogens is 2. The molecule has 0 bridgehead atoms. The summed E-state index contributed by atoms with van der Waals surface area (Å²) in [5, 5.41) is 7.05. The summed E-state index contributed by atoms with van der Waals surface area (Å²) >= 11 is 0. The highest BCUT2D eigenvalue weighted by molar-refractivity contribution is 5.95. The average molecular weight is 291 g/mol. The highest BCUT2D eigenvalue weighted by Crippen LogP contribution is 2.27. The number of carbonyl (C=O) groups excluding carboxylic acids is 1. The normalized spacial score (nSPS) is 22.1. The Morgan fingerprint density at radius 3 is 2.76 bits per heavy atom. The zero-order valence-corrected chi connectivity index (χ0v) is 13.4. The number of aryl methyl sites for hydroxylation is 2. The van der Waals surface area contributed by atoms with Gasteiger partial charge in [-0.15, -0.1) is 0 Å². The third-order valence-electron chi connectivity index (χ3n) is 4.55. The molecule has 116 valence electrons. The van der Waals surface area contributed by atoms with E-state index in [1.54, 1.807) is 14.0 Å². The Morgan fingerprint density at radius 2 is 2.10 bits per heavy atom. The van der Waals surface area contributed by atoms with Gasteiger partial charge in [-0.3, -0.25) is 9.59 Å². The second-order valence-electron chi connectivity index (χ2n) is 6.36. The SMILES string of the molecule is Cc1nn(C)c(=O)c(C(=O)NC[C@@H]2CCC[C@@H](C)C2)c1C. The van der Waals surface area contributed by atoms with Crippen molar-refractivity contribution in [1.82, 2.24) is 15.1 Å². The number of carbonyl (C=O) groups is 1. The monoisotopic (exact) mass is 291 g/mol. The quantitative estimate of drug-likeness (QED) is 0.926. The Balaban J connectivity index is 2.09. The van der Waals surface area contributed by atoms with Crippen molar-refractivity contribution in [3.8, 4) is 0 Å². The van der Waals surface area contributed by atoms with E-state index in [0.717, 1.165) is 18.8 Å². The van der Waals surface area contributed by atoms with Gasteiger partial charge in [0.05, 0.1) is 5.69 Å². The van der Waals surface area contributed by atoms with Crippen LogP contribution in [-0.2, 0) is 7.05 Å². The van der Waals surface area contributed by atoms with E-state index >= 15 is 0 Å². The molecule has 1 aromatic heterocycles. The minimum Gasteiger partial charge on any atom is -0.352 e. The van der Waals surface area contributed by atoms with Gasteiger partial charge in [-0.1, -0.05) is 19.8 Å². The maximum atomic E-state index is 12.4. The van der Waals surface area contributed by atoms with Crippen molar-refractivity contribution in [2.45, 2.75) is 46.5 Å². The van der Waals surface area contributed by atoms with Gasteiger partial charge in [0.25, 0.3) is 11.5 Å². The van der Waals surface area contributed by atoms with Crippen LogP contribution in [0.5, 0.6) is 0 Å². The molecule has 5 nitrogen and oxygen atoms in total. The molecule has 1 aliphatic carbocycles. The number of hydrogen-bond acceptors (Lipinski definition) is 3. The molecular formula is C16H25N3O2. The summed E-state index contributed by atoms with van der Waals surface area (Å²) in [6.07, 6.45) is 4.84. The van der Waals surface area contributed by atoms with Crippen LogP contribution in [0.3, 0.4) is 0 Å². The lowest BCUT2D eigenvalue weighted by molar-refractivity contribution is 0.0937. The van der Waals surface area contributed by atoms with E-state index in [9.17, 15) is 9.59 Å².